The van der Waals surface area contributed by atoms with Gasteiger partial charge in [0.2, 0.25) is 0 Å². The summed E-state index contributed by atoms with van der Waals surface area (Å²) in [5, 5.41) is 4.64. The van der Waals surface area contributed by atoms with E-state index in [9.17, 15) is 8.78 Å². The van der Waals surface area contributed by atoms with Gasteiger partial charge in [-0.15, -0.1) is 0 Å². The van der Waals surface area contributed by atoms with Crippen molar-refractivity contribution in [2.24, 2.45) is 0 Å². The maximum absolute atomic E-state index is 13.7. The molecule has 1 aliphatic rings. The van der Waals surface area contributed by atoms with Gasteiger partial charge in [-0.25, -0.2) is 18.4 Å². The van der Waals surface area contributed by atoms with E-state index in [1.807, 2.05) is 18.2 Å². The zero-order chi connectivity index (χ0) is 16.7. The van der Waals surface area contributed by atoms with Crippen LogP contribution in [0.4, 0.5) is 8.78 Å². The van der Waals surface area contributed by atoms with E-state index in [-0.39, 0.29) is 6.10 Å². The molecule has 0 aliphatic carbocycles. The van der Waals surface area contributed by atoms with Gasteiger partial charge in [-0.1, -0.05) is 35.9 Å². The molecule has 4 nitrogen and oxygen atoms in total. The van der Waals surface area contributed by atoms with Crippen LogP contribution in [0, 0.1) is 11.6 Å². The second-order valence-corrected chi connectivity index (χ2v) is 6.04. The molecule has 7 heteroatoms. The zero-order valence-electron chi connectivity index (χ0n) is 12.4. The lowest BCUT2D eigenvalue weighted by Crippen LogP contribution is -2.20. The van der Waals surface area contributed by atoms with Crippen molar-refractivity contribution < 1.29 is 13.5 Å². The normalized spacial score (nSPS) is 22.5. The Morgan fingerprint density at radius 2 is 2.00 bits per heavy atom. The van der Waals surface area contributed by atoms with E-state index in [0.29, 0.717) is 17.1 Å². The van der Waals surface area contributed by atoms with Crippen LogP contribution in [0.15, 0.2) is 55.1 Å². The summed E-state index contributed by atoms with van der Waals surface area (Å²) in [6.07, 6.45) is 2.58. The predicted molar refractivity (Wildman–Crippen MR) is 83.3 cm³/mol. The lowest BCUT2D eigenvalue weighted by molar-refractivity contribution is 0.261. The molecule has 2 aromatic carbocycles. The highest BCUT2D eigenvalue weighted by molar-refractivity contribution is 6.31. The van der Waals surface area contributed by atoms with Gasteiger partial charge in [-0.05, 0) is 23.8 Å². The second-order valence-electron chi connectivity index (χ2n) is 5.63. The number of rotatable bonds is 4. The monoisotopic (exact) mass is 347 g/mol. The predicted octanol–water partition coefficient (Wildman–Crippen LogP) is 3.88. The molecule has 4 rings (SSSR count). The molecule has 0 bridgehead atoms. The van der Waals surface area contributed by atoms with Crippen LogP contribution in [-0.4, -0.2) is 14.8 Å². The summed E-state index contributed by atoms with van der Waals surface area (Å²) in [6.45, 7) is 0.313. The standard InChI is InChI=1S/C17H12ClF2N3O/c18-13-4-2-1-3-12(13)16-17(24-16,8-23-10-21-9-22-23)11-5-6-14(19)15(20)7-11/h1-7,9-10,16H,8H2/t16-,17-/m1/s1. The smallest absolute Gasteiger partial charge is 0.159 e. The van der Waals surface area contributed by atoms with Gasteiger partial charge < -0.3 is 4.74 Å². The molecule has 0 amide bonds. The minimum absolute atomic E-state index is 0.313. The molecule has 0 spiro atoms. The second kappa shape index (κ2) is 5.65. The van der Waals surface area contributed by atoms with Gasteiger partial charge >= 0.3 is 0 Å². The summed E-state index contributed by atoms with van der Waals surface area (Å²) >= 11 is 6.26. The molecule has 3 aromatic rings. The molecule has 0 saturated carbocycles. The van der Waals surface area contributed by atoms with Gasteiger partial charge in [0.1, 0.15) is 24.4 Å². The molecule has 1 aromatic heterocycles. The molecular weight excluding hydrogens is 336 g/mol. The van der Waals surface area contributed by atoms with Gasteiger partial charge in [0.05, 0.1) is 6.54 Å². The summed E-state index contributed by atoms with van der Waals surface area (Å²) in [5.74, 6) is -1.82. The number of epoxide rings is 1. The zero-order valence-corrected chi connectivity index (χ0v) is 13.1. The van der Waals surface area contributed by atoms with Gasteiger partial charge in [-0.3, -0.25) is 0 Å². The number of aromatic nitrogens is 3. The molecule has 0 unspecified atom stereocenters. The number of hydrogen-bond donors (Lipinski definition) is 0. The average molecular weight is 348 g/mol. The van der Waals surface area contributed by atoms with E-state index in [1.165, 1.54) is 12.4 Å². The van der Waals surface area contributed by atoms with Crippen molar-refractivity contribution in [3.63, 3.8) is 0 Å². The number of hydrogen-bond acceptors (Lipinski definition) is 3. The molecule has 2 heterocycles. The number of benzene rings is 2. The first-order chi connectivity index (χ1) is 11.6. The molecular formula is C17H12ClF2N3O. The molecule has 0 N–H and O–H groups in total. The first-order valence-electron chi connectivity index (χ1n) is 7.30. The van der Waals surface area contributed by atoms with Crippen LogP contribution < -0.4 is 0 Å². The Bertz CT molecular complexity index is 887. The first-order valence-corrected chi connectivity index (χ1v) is 7.68. The number of ether oxygens (including phenoxy) is 1. The Labute approximate surface area is 141 Å². The van der Waals surface area contributed by atoms with Gasteiger partial charge in [-0.2, -0.15) is 5.10 Å². The summed E-state index contributed by atoms with van der Waals surface area (Å²) in [7, 11) is 0. The minimum Gasteiger partial charge on any atom is -0.354 e. The molecule has 2 atom stereocenters. The van der Waals surface area contributed by atoms with Crippen LogP contribution in [0.3, 0.4) is 0 Å². The molecule has 24 heavy (non-hydrogen) atoms. The fourth-order valence-corrected chi connectivity index (χ4v) is 3.16. The Balaban J connectivity index is 1.77. The van der Waals surface area contributed by atoms with E-state index < -0.39 is 17.2 Å². The van der Waals surface area contributed by atoms with Crippen molar-refractivity contribution in [2.45, 2.75) is 18.2 Å². The SMILES string of the molecule is Fc1ccc([C@@]2(Cn3cncn3)O[C@@H]2c2ccccc2Cl)cc1F. The number of nitrogens with zero attached hydrogens (tertiary/aromatic N) is 3. The van der Waals surface area contributed by atoms with Crippen molar-refractivity contribution >= 4 is 11.6 Å². The molecule has 1 fully saturated rings. The Hall–Kier alpha value is -2.31. The largest absolute Gasteiger partial charge is 0.354 e. The maximum Gasteiger partial charge on any atom is 0.159 e. The van der Waals surface area contributed by atoms with E-state index in [1.54, 1.807) is 17.1 Å². The van der Waals surface area contributed by atoms with Crippen LogP contribution in [0.1, 0.15) is 17.2 Å². The quantitative estimate of drug-likeness (QED) is 0.673. The summed E-state index contributed by atoms with van der Waals surface area (Å²) in [4.78, 5) is 3.91. The maximum atomic E-state index is 13.7. The van der Waals surface area contributed by atoms with Crippen LogP contribution in [-0.2, 0) is 16.9 Å². The highest BCUT2D eigenvalue weighted by Crippen LogP contribution is 2.59. The Morgan fingerprint density at radius 1 is 1.17 bits per heavy atom. The molecule has 122 valence electrons. The Kier molecular flexibility index (Phi) is 3.58. The summed E-state index contributed by atoms with van der Waals surface area (Å²) in [5.41, 5.74) is 0.457. The van der Waals surface area contributed by atoms with E-state index in [0.717, 1.165) is 17.7 Å². The van der Waals surface area contributed by atoms with Crippen molar-refractivity contribution in [3.05, 3.63) is 82.9 Å². The van der Waals surface area contributed by atoms with E-state index in [2.05, 4.69) is 10.1 Å². The third-order valence-electron chi connectivity index (χ3n) is 4.15. The van der Waals surface area contributed by atoms with Crippen LogP contribution >= 0.6 is 11.6 Å². The van der Waals surface area contributed by atoms with E-state index >= 15 is 0 Å². The Morgan fingerprint density at radius 3 is 2.71 bits per heavy atom. The minimum atomic E-state index is -0.918. The topological polar surface area (TPSA) is 43.2 Å². The van der Waals surface area contributed by atoms with E-state index in [4.69, 9.17) is 16.3 Å². The van der Waals surface area contributed by atoms with Crippen LogP contribution in [0.25, 0.3) is 0 Å². The van der Waals surface area contributed by atoms with Gasteiger partial charge in [0.25, 0.3) is 0 Å². The van der Waals surface area contributed by atoms with Crippen molar-refractivity contribution in [1.29, 1.82) is 0 Å². The summed E-state index contributed by atoms with van der Waals surface area (Å²) < 4.78 is 34.6. The van der Waals surface area contributed by atoms with Gasteiger partial charge in [0, 0.05) is 10.6 Å². The van der Waals surface area contributed by atoms with Crippen molar-refractivity contribution in [1.82, 2.24) is 14.8 Å². The van der Waals surface area contributed by atoms with Crippen molar-refractivity contribution in [2.75, 3.05) is 0 Å². The van der Waals surface area contributed by atoms with Gasteiger partial charge in [0.15, 0.2) is 11.6 Å². The molecule has 0 radical (unpaired) electrons. The van der Waals surface area contributed by atoms with Crippen LogP contribution in [0.5, 0.6) is 0 Å². The van der Waals surface area contributed by atoms with Crippen LogP contribution in [0.2, 0.25) is 5.02 Å². The molecule has 1 saturated heterocycles. The number of halogens is 3. The van der Waals surface area contributed by atoms with Crippen molar-refractivity contribution in [3.8, 4) is 0 Å². The lowest BCUT2D eigenvalue weighted by Gasteiger charge is -2.14. The molecule has 1 aliphatic heterocycles. The third kappa shape index (κ3) is 2.48. The fraction of sp³-hybridized carbons (Fsp3) is 0.176. The first kappa shape index (κ1) is 15.2. The highest BCUT2D eigenvalue weighted by atomic mass is 35.5. The highest BCUT2D eigenvalue weighted by Gasteiger charge is 2.59. The summed E-state index contributed by atoms with van der Waals surface area (Å²) in [6, 6.07) is 11.1. The lowest BCUT2D eigenvalue weighted by atomic mass is 9.91. The third-order valence-corrected chi connectivity index (χ3v) is 4.50. The fourth-order valence-electron chi connectivity index (χ4n) is 2.92. The average Bonchev–Trinajstić information content (AvgIpc) is 3.04.